The number of nitrogens with one attached hydrogen (secondary N) is 1. The number of halogens is 2. The van der Waals surface area contributed by atoms with Crippen LogP contribution in [0.15, 0.2) is 12.3 Å². The van der Waals surface area contributed by atoms with E-state index < -0.39 is 0 Å². The van der Waals surface area contributed by atoms with E-state index in [-0.39, 0.29) is 6.04 Å². The third-order valence-corrected chi connectivity index (χ3v) is 4.89. The van der Waals surface area contributed by atoms with Crippen LogP contribution in [0.3, 0.4) is 0 Å². The zero-order chi connectivity index (χ0) is 13.8. The summed E-state index contributed by atoms with van der Waals surface area (Å²) in [5.41, 5.74) is 0.938. The molecule has 1 aliphatic rings. The number of aromatic nitrogens is 1. The molecule has 0 spiro atoms. The lowest BCUT2D eigenvalue weighted by atomic mass is 9.77. The molecule has 1 atom stereocenters. The van der Waals surface area contributed by atoms with Gasteiger partial charge in [0, 0.05) is 6.20 Å². The van der Waals surface area contributed by atoms with Crippen LogP contribution in [0.5, 0.6) is 0 Å². The minimum absolute atomic E-state index is 0.238. The Balaban J connectivity index is 2.12. The molecule has 0 saturated heterocycles. The molecule has 19 heavy (non-hydrogen) atoms. The van der Waals surface area contributed by atoms with Gasteiger partial charge in [0.05, 0.1) is 21.8 Å². The Labute approximate surface area is 125 Å². The predicted octanol–water partition coefficient (Wildman–Crippen LogP) is 4.87. The second-order valence-electron chi connectivity index (χ2n) is 5.48. The first-order valence-corrected chi connectivity index (χ1v) is 7.89. The van der Waals surface area contributed by atoms with Crippen molar-refractivity contribution < 1.29 is 0 Å². The van der Waals surface area contributed by atoms with Crippen molar-refractivity contribution in [2.24, 2.45) is 11.8 Å². The topological polar surface area (TPSA) is 24.9 Å². The lowest BCUT2D eigenvalue weighted by molar-refractivity contribution is 0.222. The van der Waals surface area contributed by atoms with Gasteiger partial charge in [-0.3, -0.25) is 4.98 Å². The fourth-order valence-electron chi connectivity index (χ4n) is 3.18. The summed E-state index contributed by atoms with van der Waals surface area (Å²) in [5, 5.41) is 4.66. The summed E-state index contributed by atoms with van der Waals surface area (Å²) in [6, 6.07) is 2.02. The van der Waals surface area contributed by atoms with E-state index in [0.717, 1.165) is 11.6 Å². The van der Waals surface area contributed by atoms with Gasteiger partial charge in [-0.25, -0.2) is 0 Å². The van der Waals surface area contributed by atoms with Crippen LogP contribution in [0, 0.1) is 11.8 Å². The first-order chi connectivity index (χ1) is 9.15. The molecule has 0 amide bonds. The normalized spacial score (nSPS) is 25.3. The van der Waals surface area contributed by atoms with Gasteiger partial charge in [-0.05, 0) is 37.8 Å². The molecule has 1 aliphatic carbocycles. The molecule has 1 unspecified atom stereocenters. The van der Waals surface area contributed by atoms with E-state index in [4.69, 9.17) is 23.2 Å². The highest BCUT2D eigenvalue weighted by Crippen LogP contribution is 2.39. The molecule has 1 fully saturated rings. The van der Waals surface area contributed by atoms with E-state index in [2.05, 4.69) is 17.2 Å². The van der Waals surface area contributed by atoms with Crippen LogP contribution in [0.1, 0.15) is 50.8 Å². The maximum absolute atomic E-state index is 6.29. The standard InChI is InChI=1S/C15H22Cl2N2/c1-3-10-4-6-11(7-5-10)14(18-2)15-13(17)8-12(16)9-19-15/h8-11,14,18H,3-7H2,1-2H3. The van der Waals surface area contributed by atoms with Crippen LogP contribution in [-0.2, 0) is 0 Å². The maximum atomic E-state index is 6.29. The third-order valence-electron chi connectivity index (χ3n) is 4.38. The molecule has 0 aliphatic heterocycles. The minimum Gasteiger partial charge on any atom is -0.311 e. The van der Waals surface area contributed by atoms with Gasteiger partial charge >= 0.3 is 0 Å². The lowest BCUT2D eigenvalue weighted by Gasteiger charge is -2.33. The molecular weight excluding hydrogens is 279 g/mol. The highest BCUT2D eigenvalue weighted by molar-refractivity contribution is 6.34. The minimum atomic E-state index is 0.238. The zero-order valence-electron chi connectivity index (χ0n) is 11.6. The van der Waals surface area contributed by atoms with E-state index >= 15 is 0 Å². The Morgan fingerprint density at radius 2 is 2.00 bits per heavy atom. The van der Waals surface area contributed by atoms with Gasteiger partial charge in [0.1, 0.15) is 0 Å². The molecule has 1 aromatic rings. The zero-order valence-corrected chi connectivity index (χ0v) is 13.1. The van der Waals surface area contributed by atoms with Gasteiger partial charge in [0.2, 0.25) is 0 Å². The van der Waals surface area contributed by atoms with Gasteiger partial charge in [-0.2, -0.15) is 0 Å². The fourth-order valence-corrected chi connectivity index (χ4v) is 3.68. The summed E-state index contributed by atoms with van der Waals surface area (Å²) in [4.78, 5) is 4.44. The van der Waals surface area contributed by atoms with Gasteiger partial charge in [0.15, 0.2) is 0 Å². The van der Waals surface area contributed by atoms with Crippen molar-refractivity contribution in [2.75, 3.05) is 7.05 Å². The van der Waals surface area contributed by atoms with E-state index in [1.165, 1.54) is 32.1 Å². The van der Waals surface area contributed by atoms with Crippen molar-refractivity contribution in [3.63, 3.8) is 0 Å². The molecule has 1 heterocycles. The predicted molar refractivity (Wildman–Crippen MR) is 81.8 cm³/mol. The summed E-state index contributed by atoms with van der Waals surface area (Å²) in [6.45, 7) is 2.29. The van der Waals surface area contributed by atoms with Crippen molar-refractivity contribution in [1.82, 2.24) is 10.3 Å². The first kappa shape index (κ1) is 15.1. The van der Waals surface area contributed by atoms with Crippen LogP contribution in [0.4, 0.5) is 0 Å². The Morgan fingerprint density at radius 1 is 1.32 bits per heavy atom. The molecule has 1 saturated carbocycles. The monoisotopic (exact) mass is 300 g/mol. The van der Waals surface area contributed by atoms with Crippen LogP contribution >= 0.6 is 23.2 Å². The summed E-state index contributed by atoms with van der Waals surface area (Å²) in [5.74, 6) is 1.53. The number of nitrogens with zero attached hydrogens (tertiary/aromatic N) is 1. The molecule has 1 N–H and O–H groups in total. The second-order valence-corrected chi connectivity index (χ2v) is 6.32. The van der Waals surface area contributed by atoms with Crippen LogP contribution in [0.25, 0.3) is 0 Å². The quantitative estimate of drug-likeness (QED) is 0.858. The largest absolute Gasteiger partial charge is 0.311 e. The molecule has 4 heteroatoms. The van der Waals surface area contributed by atoms with Gasteiger partial charge in [-0.15, -0.1) is 0 Å². The highest BCUT2D eigenvalue weighted by atomic mass is 35.5. The van der Waals surface area contributed by atoms with E-state index in [9.17, 15) is 0 Å². The van der Waals surface area contributed by atoms with E-state index in [1.54, 1.807) is 12.3 Å². The van der Waals surface area contributed by atoms with Crippen LogP contribution in [-0.4, -0.2) is 12.0 Å². The molecule has 106 valence electrons. The number of pyridine rings is 1. The summed E-state index contributed by atoms with van der Waals surface area (Å²) < 4.78 is 0. The SMILES string of the molecule is CCC1CCC(C(NC)c2ncc(Cl)cc2Cl)CC1. The number of hydrogen-bond acceptors (Lipinski definition) is 2. The van der Waals surface area contributed by atoms with Crippen molar-refractivity contribution in [3.05, 3.63) is 28.0 Å². The Kier molecular flexibility index (Phi) is 5.49. The fraction of sp³-hybridized carbons (Fsp3) is 0.667. The van der Waals surface area contributed by atoms with E-state index in [0.29, 0.717) is 16.0 Å². The molecule has 0 bridgehead atoms. The van der Waals surface area contributed by atoms with Crippen LogP contribution < -0.4 is 5.32 Å². The van der Waals surface area contributed by atoms with Gasteiger partial charge in [-0.1, -0.05) is 49.4 Å². The lowest BCUT2D eigenvalue weighted by Crippen LogP contribution is -2.29. The first-order valence-electron chi connectivity index (χ1n) is 7.13. The molecule has 2 nitrogen and oxygen atoms in total. The number of hydrogen-bond donors (Lipinski definition) is 1. The second kappa shape index (κ2) is 6.92. The van der Waals surface area contributed by atoms with Crippen molar-refractivity contribution in [2.45, 2.75) is 45.1 Å². The summed E-state index contributed by atoms with van der Waals surface area (Å²) in [6.07, 6.45) is 8.14. The molecule has 0 aromatic carbocycles. The summed E-state index contributed by atoms with van der Waals surface area (Å²) in [7, 11) is 1.99. The van der Waals surface area contributed by atoms with E-state index in [1.807, 2.05) is 7.05 Å². The highest BCUT2D eigenvalue weighted by Gasteiger charge is 2.29. The number of rotatable bonds is 4. The third kappa shape index (κ3) is 3.62. The molecular formula is C15H22Cl2N2. The van der Waals surface area contributed by atoms with Crippen LogP contribution in [0.2, 0.25) is 10.0 Å². The average Bonchev–Trinajstić information content (AvgIpc) is 2.42. The van der Waals surface area contributed by atoms with Crippen molar-refractivity contribution >= 4 is 23.2 Å². The Morgan fingerprint density at radius 3 is 2.53 bits per heavy atom. The van der Waals surface area contributed by atoms with Gasteiger partial charge < -0.3 is 5.32 Å². The Hall–Kier alpha value is -0.310. The van der Waals surface area contributed by atoms with Gasteiger partial charge in [0.25, 0.3) is 0 Å². The maximum Gasteiger partial charge on any atom is 0.0762 e. The molecule has 2 rings (SSSR count). The Bertz CT molecular complexity index is 415. The van der Waals surface area contributed by atoms with Crippen molar-refractivity contribution in [3.8, 4) is 0 Å². The molecule has 0 radical (unpaired) electrons. The van der Waals surface area contributed by atoms with Crippen molar-refractivity contribution in [1.29, 1.82) is 0 Å². The average molecular weight is 301 g/mol. The summed E-state index contributed by atoms with van der Waals surface area (Å²) >= 11 is 12.2. The smallest absolute Gasteiger partial charge is 0.0762 e. The molecule has 1 aromatic heterocycles.